The molecular formula is C18H22N3O5S+. The zero-order chi connectivity index (χ0) is 19.4. The van der Waals surface area contributed by atoms with Gasteiger partial charge in [-0.05, 0) is 12.1 Å². The molecule has 9 heteroatoms. The Kier molecular flexibility index (Phi) is 5.73. The number of nitro benzene ring substituents is 1. The molecule has 144 valence electrons. The lowest BCUT2D eigenvalue weighted by Gasteiger charge is -2.31. The van der Waals surface area contributed by atoms with Crippen LogP contribution in [0.2, 0.25) is 0 Å². The van der Waals surface area contributed by atoms with Gasteiger partial charge in [0.15, 0.2) is 5.75 Å². The fourth-order valence-electron chi connectivity index (χ4n) is 3.23. The summed E-state index contributed by atoms with van der Waals surface area (Å²) in [7, 11) is -2.47. The molecule has 8 nitrogen and oxygen atoms in total. The zero-order valence-electron chi connectivity index (χ0n) is 15.0. The normalized spacial score (nSPS) is 16.2. The lowest BCUT2D eigenvalue weighted by molar-refractivity contribution is -0.917. The van der Waals surface area contributed by atoms with E-state index in [2.05, 4.69) is 12.1 Å². The number of rotatable bonds is 6. The van der Waals surface area contributed by atoms with Crippen LogP contribution in [-0.4, -0.2) is 50.9 Å². The Balaban J connectivity index is 1.71. The third kappa shape index (κ3) is 4.26. The van der Waals surface area contributed by atoms with E-state index in [1.54, 1.807) is 0 Å². The van der Waals surface area contributed by atoms with Gasteiger partial charge < -0.3 is 9.64 Å². The maximum absolute atomic E-state index is 12.9. The minimum Gasteiger partial charge on any atom is -0.490 e. The van der Waals surface area contributed by atoms with Gasteiger partial charge in [-0.3, -0.25) is 10.1 Å². The molecule has 2 aromatic carbocycles. The first-order valence-electron chi connectivity index (χ1n) is 8.62. The second-order valence-electron chi connectivity index (χ2n) is 6.41. The van der Waals surface area contributed by atoms with Crippen molar-refractivity contribution in [1.29, 1.82) is 0 Å². The Morgan fingerprint density at radius 3 is 2.41 bits per heavy atom. The van der Waals surface area contributed by atoms with E-state index in [-0.39, 0.29) is 16.3 Å². The monoisotopic (exact) mass is 392 g/mol. The number of nitrogens with one attached hydrogen (secondary N) is 1. The van der Waals surface area contributed by atoms with E-state index in [1.807, 2.05) is 18.2 Å². The lowest BCUT2D eigenvalue weighted by Crippen LogP contribution is -3.13. The highest BCUT2D eigenvalue weighted by Crippen LogP contribution is 2.30. The van der Waals surface area contributed by atoms with E-state index in [9.17, 15) is 18.5 Å². The van der Waals surface area contributed by atoms with E-state index in [0.29, 0.717) is 26.2 Å². The average Bonchev–Trinajstić information content (AvgIpc) is 2.68. The Labute approximate surface area is 158 Å². The van der Waals surface area contributed by atoms with Crippen molar-refractivity contribution in [3.05, 3.63) is 64.2 Å². The largest absolute Gasteiger partial charge is 0.490 e. The minimum absolute atomic E-state index is 0.0380. The van der Waals surface area contributed by atoms with Crippen LogP contribution in [0.1, 0.15) is 5.56 Å². The molecule has 2 aromatic rings. The van der Waals surface area contributed by atoms with Crippen molar-refractivity contribution in [2.45, 2.75) is 11.4 Å². The molecule has 1 heterocycles. The smallest absolute Gasteiger partial charge is 0.312 e. The number of benzene rings is 2. The molecule has 0 spiro atoms. The van der Waals surface area contributed by atoms with Gasteiger partial charge in [-0.15, -0.1) is 0 Å². The summed E-state index contributed by atoms with van der Waals surface area (Å²) in [5.41, 5.74) is 0.862. The number of sulfonamides is 1. The van der Waals surface area contributed by atoms with Gasteiger partial charge in [0.2, 0.25) is 10.0 Å². The molecule has 0 unspecified atom stereocenters. The molecule has 0 atom stereocenters. The SMILES string of the molecule is COc1ccc(S(=O)(=O)N2CC[NH+](Cc3ccccc3)CC2)cc1[N+](=O)[O-]. The van der Waals surface area contributed by atoms with Gasteiger partial charge in [-0.1, -0.05) is 30.3 Å². The predicted octanol–water partition coefficient (Wildman–Crippen LogP) is 0.693. The molecule has 1 N–H and O–H groups in total. The van der Waals surface area contributed by atoms with Gasteiger partial charge in [0, 0.05) is 11.6 Å². The summed E-state index contributed by atoms with van der Waals surface area (Å²) >= 11 is 0. The van der Waals surface area contributed by atoms with Gasteiger partial charge >= 0.3 is 5.69 Å². The Hall–Kier alpha value is -2.49. The van der Waals surface area contributed by atoms with Crippen molar-refractivity contribution in [2.75, 3.05) is 33.3 Å². The fraction of sp³-hybridized carbons (Fsp3) is 0.333. The molecule has 27 heavy (non-hydrogen) atoms. The molecular weight excluding hydrogens is 370 g/mol. The molecule has 0 saturated carbocycles. The summed E-state index contributed by atoms with van der Waals surface area (Å²) in [5, 5.41) is 11.2. The third-order valence-electron chi connectivity index (χ3n) is 4.71. The molecule has 0 aromatic heterocycles. The van der Waals surface area contributed by atoms with Crippen molar-refractivity contribution in [3.63, 3.8) is 0 Å². The molecule has 1 aliphatic heterocycles. The second-order valence-corrected chi connectivity index (χ2v) is 8.35. The molecule has 0 bridgehead atoms. The van der Waals surface area contributed by atoms with Crippen LogP contribution >= 0.6 is 0 Å². The van der Waals surface area contributed by atoms with Gasteiger partial charge in [-0.2, -0.15) is 4.31 Å². The molecule has 1 fully saturated rings. The van der Waals surface area contributed by atoms with Gasteiger partial charge in [0.05, 0.1) is 43.1 Å². The standard InChI is InChI=1S/C18H21N3O5S/c1-26-18-8-7-16(13-17(18)21(22)23)27(24,25)20-11-9-19(10-12-20)14-15-5-3-2-4-6-15/h2-8,13H,9-12,14H2,1H3/p+1. The second kappa shape index (κ2) is 8.03. The highest BCUT2D eigenvalue weighted by atomic mass is 32.2. The summed E-state index contributed by atoms with van der Waals surface area (Å²) in [6.07, 6.45) is 0. The van der Waals surface area contributed by atoms with E-state index < -0.39 is 14.9 Å². The first kappa shape index (κ1) is 19.3. The molecule has 0 amide bonds. The lowest BCUT2D eigenvalue weighted by atomic mass is 10.2. The summed E-state index contributed by atoms with van der Waals surface area (Å²) in [6, 6.07) is 13.8. The van der Waals surface area contributed by atoms with E-state index in [4.69, 9.17) is 4.74 Å². The van der Waals surface area contributed by atoms with Gasteiger partial charge in [-0.25, -0.2) is 8.42 Å². The Morgan fingerprint density at radius 2 is 1.81 bits per heavy atom. The summed E-state index contributed by atoms with van der Waals surface area (Å²) in [5.74, 6) is 0.0380. The highest BCUT2D eigenvalue weighted by Gasteiger charge is 2.32. The first-order chi connectivity index (χ1) is 12.9. The Morgan fingerprint density at radius 1 is 1.15 bits per heavy atom. The van der Waals surface area contributed by atoms with Crippen LogP contribution in [0.15, 0.2) is 53.4 Å². The van der Waals surface area contributed by atoms with Crippen molar-refractivity contribution in [1.82, 2.24) is 4.31 Å². The minimum atomic E-state index is -3.78. The average molecular weight is 392 g/mol. The maximum atomic E-state index is 12.9. The quantitative estimate of drug-likeness (QED) is 0.577. The Bertz CT molecular complexity index is 910. The van der Waals surface area contributed by atoms with Crippen LogP contribution in [0.4, 0.5) is 5.69 Å². The van der Waals surface area contributed by atoms with Crippen LogP contribution in [0.5, 0.6) is 5.75 Å². The van der Waals surface area contributed by atoms with Crippen molar-refractivity contribution in [3.8, 4) is 5.75 Å². The van der Waals surface area contributed by atoms with Crippen molar-refractivity contribution >= 4 is 15.7 Å². The number of nitro groups is 1. The highest BCUT2D eigenvalue weighted by molar-refractivity contribution is 7.89. The molecule has 3 rings (SSSR count). The third-order valence-corrected chi connectivity index (χ3v) is 6.61. The van der Waals surface area contributed by atoms with Crippen molar-refractivity contribution in [2.24, 2.45) is 0 Å². The summed E-state index contributed by atoms with van der Waals surface area (Å²) < 4.78 is 32.1. The number of methoxy groups -OCH3 is 1. The number of nitrogens with zero attached hydrogens (tertiary/aromatic N) is 2. The molecule has 1 aliphatic rings. The van der Waals surface area contributed by atoms with Gasteiger partial charge in [0.1, 0.15) is 6.54 Å². The molecule has 0 aliphatic carbocycles. The number of quaternary nitrogens is 1. The van der Waals surface area contributed by atoms with Crippen LogP contribution in [0, 0.1) is 10.1 Å². The first-order valence-corrected chi connectivity index (χ1v) is 10.1. The fourth-order valence-corrected chi connectivity index (χ4v) is 4.69. The molecule has 1 saturated heterocycles. The topological polar surface area (TPSA) is 94.2 Å². The van der Waals surface area contributed by atoms with Crippen LogP contribution in [0.25, 0.3) is 0 Å². The van der Waals surface area contributed by atoms with E-state index in [1.165, 1.54) is 34.0 Å². The van der Waals surface area contributed by atoms with E-state index >= 15 is 0 Å². The van der Waals surface area contributed by atoms with Crippen LogP contribution in [-0.2, 0) is 16.6 Å². The van der Waals surface area contributed by atoms with Gasteiger partial charge in [0.25, 0.3) is 0 Å². The maximum Gasteiger partial charge on any atom is 0.312 e. The van der Waals surface area contributed by atoms with Crippen LogP contribution < -0.4 is 9.64 Å². The molecule has 0 radical (unpaired) electrons. The number of ether oxygens (including phenoxy) is 1. The summed E-state index contributed by atoms with van der Waals surface area (Å²) in [6.45, 7) is 2.98. The number of hydrogen-bond donors (Lipinski definition) is 1. The number of hydrogen-bond acceptors (Lipinski definition) is 5. The number of piperazine rings is 1. The van der Waals surface area contributed by atoms with E-state index in [0.717, 1.165) is 12.6 Å². The van der Waals surface area contributed by atoms with Crippen LogP contribution in [0.3, 0.4) is 0 Å². The van der Waals surface area contributed by atoms with Crippen molar-refractivity contribution < 1.29 is 23.0 Å². The zero-order valence-corrected chi connectivity index (χ0v) is 15.8. The predicted molar refractivity (Wildman–Crippen MR) is 99.2 cm³/mol. The summed E-state index contributed by atoms with van der Waals surface area (Å²) in [4.78, 5) is 11.8.